The maximum absolute atomic E-state index is 3.91. The molecule has 0 heterocycles. The fraction of sp³-hybridized carbons (Fsp3) is 0.182. The maximum Gasteiger partial charge on any atom is 0.0397 e. The predicted octanol–water partition coefficient (Wildman–Crippen LogP) is 2.83. The summed E-state index contributed by atoms with van der Waals surface area (Å²) in [6.07, 6.45) is 2.86. The van der Waals surface area contributed by atoms with Crippen molar-refractivity contribution >= 4 is 6.72 Å². The minimum absolute atomic E-state index is 0.876. The number of hydrogen-bond donors (Lipinski definition) is 0. The molecule has 0 aromatic heterocycles. The van der Waals surface area contributed by atoms with E-state index >= 15 is 0 Å². The summed E-state index contributed by atoms with van der Waals surface area (Å²) < 4.78 is 0. The number of aliphatic imine (C=N–C) groups is 1. The van der Waals surface area contributed by atoms with Crippen molar-refractivity contribution in [3.63, 3.8) is 0 Å². The van der Waals surface area contributed by atoms with Crippen LogP contribution in [0.5, 0.6) is 0 Å². The zero-order valence-electron chi connectivity index (χ0n) is 7.33. The first kappa shape index (κ1) is 8.72. The van der Waals surface area contributed by atoms with Gasteiger partial charge >= 0.3 is 0 Å². The first-order valence-corrected chi connectivity index (χ1v) is 4.02. The summed E-state index contributed by atoms with van der Waals surface area (Å²) in [7, 11) is 0. The van der Waals surface area contributed by atoms with Crippen molar-refractivity contribution in [3.05, 3.63) is 47.7 Å². The van der Waals surface area contributed by atoms with Crippen LogP contribution in [-0.4, -0.2) is 6.72 Å². The smallest absolute Gasteiger partial charge is 0.0397 e. The minimum atomic E-state index is 0.876. The molecule has 0 aliphatic heterocycles. The van der Waals surface area contributed by atoms with Gasteiger partial charge in [0.1, 0.15) is 0 Å². The molecule has 0 saturated carbocycles. The molecule has 0 saturated heterocycles. The number of allylic oxidation sites excluding steroid dienone is 2. The van der Waals surface area contributed by atoms with E-state index in [0.717, 1.165) is 12.1 Å². The van der Waals surface area contributed by atoms with E-state index in [9.17, 15) is 0 Å². The van der Waals surface area contributed by atoms with E-state index in [2.05, 4.69) is 23.8 Å². The Hall–Kier alpha value is -1.37. The number of benzene rings is 1. The first-order chi connectivity index (χ1) is 5.86. The van der Waals surface area contributed by atoms with Crippen molar-refractivity contribution in [2.45, 2.75) is 13.3 Å². The van der Waals surface area contributed by atoms with Gasteiger partial charge in [0.05, 0.1) is 0 Å². The Bertz CT molecular complexity index is 272. The third-order valence-electron chi connectivity index (χ3n) is 1.76. The van der Waals surface area contributed by atoms with Crippen molar-refractivity contribution in [2.24, 2.45) is 4.99 Å². The normalized spacial score (nSPS) is 11.2. The van der Waals surface area contributed by atoms with Gasteiger partial charge in [0.15, 0.2) is 0 Å². The van der Waals surface area contributed by atoms with Crippen LogP contribution in [0.15, 0.2) is 47.1 Å². The van der Waals surface area contributed by atoms with Gasteiger partial charge in [0.25, 0.3) is 0 Å². The average molecular weight is 159 g/mol. The van der Waals surface area contributed by atoms with Crippen LogP contribution in [0.4, 0.5) is 0 Å². The summed E-state index contributed by atoms with van der Waals surface area (Å²) in [6, 6.07) is 10.3. The van der Waals surface area contributed by atoms with Crippen LogP contribution in [0.25, 0.3) is 0 Å². The predicted molar refractivity (Wildman–Crippen MR) is 53.5 cm³/mol. The minimum Gasteiger partial charge on any atom is -0.269 e. The van der Waals surface area contributed by atoms with Gasteiger partial charge in [0, 0.05) is 12.1 Å². The highest BCUT2D eigenvalue weighted by Crippen LogP contribution is 2.07. The van der Waals surface area contributed by atoms with Gasteiger partial charge < -0.3 is 0 Å². The molecular weight excluding hydrogens is 146 g/mol. The highest BCUT2D eigenvalue weighted by molar-refractivity contribution is 5.31. The lowest BCUT2D eigenvalue weighted by Crippen LogP contribution is -1.86. The van der Waals surface area contributed by atoms with Crippen molar-refractivity contribution < 1.29 is 0 Å². The van der Waals surface area contributed by atoms with E-state index in [-0.39, 0.29) is 0 Å². The highest BCUT2D eigenvalue weighted by atomic mass is 14.7. The second-order valence-corrected chi connectivity index (χ2v) is 2.60. The molecule has 1 rings (SSSR count). The SMILES string of the molecule is C=N/C(=C\C)Cc1ccccc1. The van der Waals surface area contributed by atoms with Crippen LogP contribution >= 0.6 is 0 Å². The van der Waals surface area contributed by atoms with Crippen LogP contribution in [0, 0.1) is 0 Å². The van der Waals surface area contributed by atoms with E-state index in [4.69, 9.17) is 0 Å². The monoisotopic (exact) mass is 159 g/mol. The van der Waals surface area contributed by atoms with Crippen molar-refractivity contribution in [1.29, 1.82) is 0 Å². The Kier molecular flexibility index (Phi) is 3.27. The van der Waals surface area contributed by atoms with Gasteiger partial charge in [-0.25, -0.2) is 0 Å². The maximum atomic E-state index is 3.91. The Labute approximate surface area is 73.5 Å². The molecular formula is C11H13N. The topological polar surface area (TPSA) is 12.4 Å². The number of nitrogens with zero attached hydrogens (tertiary/aromatic N) is 1. The quantitative estimate of drug-likeness (QED) is 0.601. The second kappa shape index (κ2) is 4.50. The Morgan fingerprint density at radius 1 is 1.42 bits per heavy atom. The summed E-state index contributed by atoms with van der Waals surface area (Å²) in [6.45, 7) is 5.49. The molecule has 0 aliphatic rings. The molecule has 1 aromatic rings. The molecule has 0 unspecified atom stereocenters. The van der Waals surface area contributed by atoms with Gasteiger partial charge in [-0.05, 0) is 19.2 Å². The van der Waals surface area contributed by atoms with Crippen molar-refractivity contribution in [1.82, 2.24) is 0 Å². The molecule has 1 nitrogen and oxygen atoms in total. The number of hydrogen-bond acceptors (Lipinski definition) is 1. The van der Waals surface area contributed by atoms with Gasteiger partial charge in [-0.15, -0.1) is 0 Å². The van der Waals surface area contributed by atoms with Crippen LogP contribution in [0.2, 0.25) is 0 Å². The molecule has 1 heteroatoms. The van der Waals surface area contributed by atoms with Crippen LogP contribution in [0.3, 0.4) is 0 Å². The van der Waals surface area contributed by atoms with Crippen LogP contribution in [0.1, 0.15) is 12.5 Å². The lowest BCUT2D eigenvalue weighted by Gasteiger charge is -1.99. The van der Waals surface area contributed by atoms with Crippen molar-refractivity contribution in [3.8, 4) is 0 Å². The highest BCUT2D eigenvalue weighted by Gasteiger charge is 1.93. The average Bonchev–Trinajstić information content (AvgIpc) is 2.16. The summed E-state index contributed by atoms with van der Waals surface area (Å²) in [5, 5.41) is 0. The Morgan fingerprint density at radius 2 is 2.08 bits per heavy atom. The summed E-state index contributed by atoms with van der Waals surface area (Å²) in [5.74, 6) is 0. The Morgan fingerprint density at radius 3 is 2.58 bits per heavy atom. The molecule has 0 N–H and O–H groups in total. The second-order valence-electron chi connectivity index (χ2n) is 2.60. The molecule has 0 fully saturated rings. The van der Waals surface area contributed by atoms with E-state index in [0.29, 0.717) is 0 Å². The van der Waals surface area contributed by atoms with Crippen LogP contribution in [-0.2, 0) is 6.42 Å². The van der Waals surface area contributed by atoms with Gasteiger partial charge in [-0.2, -0.15) is 0 Å². The van der Waals surface area contributed by atoms with Gasteiger partial charge in [-0.3, -0.25) is 4.99 Å². The first-order valence-electron chi connectivity index (χ1n) is 4.02. The summed E-state index contributed by atoms with van der Waals surface area (Å²) in [4.78, 5) is 3.91. The third kappa shape index (κ3) is 2.35. The molecule has 12 heavy (non-hydrogen) atoms. The molecule has 62 valence electrons. The molecule has 0 bridgehead atoms. The fourth-order valence-corrected chi connectivity index (χ4v) is 1.05. The van der Waals surface area contributed by atoms with Crippen LogP contribution < -0.4 is 0 Å². The van der Waals surface area contributed by atoms with Gasteiger partial charge in [0.2, 0.25) is 0 Å². The fourth-order valence-electron chi connectivity index (χ4n) is 1.05. The Balaban J connectivity index is 2.70. The van der Waals surface area contributed by atoms with Crippen molar-refractivity contribution in [2.75, 3.05) is 0 Å². The van der Waals surface area contributed by atoms with E-state index in [1.54, 1.807) is 0 Å². The molecule has 0 spiro atoms. The lowest BCUT2D eigenvalue weighted by atomic mass is 10.1. The molecule has 0 atom stereocenters. The van der Waals surface area contributed by atoms with Gasteiger partial charge in [-0.1, -0.05) is 36.4 Å². The third-order valence-corrected chi connectivity index (χ3v) is 1.76. The zero-order valence-corrected chi connectivity index (χ0v) is 7.33. The lowest BCUT2D eigenvalue weighted by molar-refractivity contribution is 1.11. The van der Waals surface area contributed by atoms with E-state index in [1.807, 2.05) is 31.2 Å². The van der Waals surface area contributed by atoms with E-state index < -0.39 is 0 Å². The summed E-state index contributed by atoms with van der Waals surface area (Å²) in [5.41, 5.74) is 2.30. The molecule has 0 radical (unpaired) electrons. The number of rotatable bonds is 3. The molecule has 0 aliphatic carbocycles. The summed E-state index contributed by atoms with van der Waals surface area (Å²) >= 11 is 0. The molecule has 1 aromatic carbocycles. The largest absolute Gasteiger partial charge is 0.269 e. The molecule has 0 amide bonds. The standard InChI is InChI=1S/C11H13N/c1-3-11(12-2)9-10-7-5-4-6-8-10/h3-8H,2,9H2,1H3/b11-3-. The zero-order chi connectivity index (χ0) is 8.81. The van der Waals surface area contributed by atoms with E-state index in [1.165, 1.54) is 5.56 Å².